The number of rotatable bonds is 1. The molecule has 0 aliphatic carbocycles. The number of ether oxygens (including phenoxy) is 1. The molecule has 1 aliphatic heterocycles. The van der Waals surface area contributed by atoms with E-state index in [4.69, 9.17) is 4.74 Å². The Morgan fingerprint density at radius 1 is 1.18 bits per heavy atom. The van der Waals surface area contributed by atoms with E-state index in [9.17, 15) is 9.59 Å². The minimum atomic E-state index is -0.500. The lowest BCUT2D eigenvalue weighted by atomic mass is 10.0. The average molecular weight is 383 g/mol. The van der Waals surface area contributed by atoms with Gasteiger partial charge in [-0.1, -0.05) is 0 Å². The van der Waals surface area contributed by atoms with Crippen molar-refractivity contribution in [2.45, 2.75) is 52.2 Å². The topological polar surface area (TPSA) is 81.7 Å². The molecule has 1 amide bonds. The summed E-state index contributed by atoms with van der Waals surface area (Å²) >= 11 is 0. The number of carbonyl (C=O) groups excluding carboxylic acids is 1. The van der Waals surface area contributed by atoms with Crippen LogP contribution in [0, 0.1) is 6.92 Å². The van der Waals surface area contributed by atoms with Crippen LogP contribution in [0.3, 0.4) is 0 Å². The highest BCUT2D eigenvalue weighted by Crippen LogP contribution is 2.27. The molecule has 0 radical (unpaired) electrons. The van der Waals surface area contributed by atoms with Crippen LogP contribution in [0.5, 0.6) is 0 Å². The Kier molecular flexibility index (Phi) is 4.36. The van der Waals surface area contributed by atoms with Crippen molar-refractivity contribution in [3.05, 3.63) is 40.4 Å². The van der Waals surface area contributed by atoms with Crippen LogP contribution >= 0.6 is 0 Å². The van der Waals surface area contributed by atoms with Gasteiger partial charge >= 0.3 is 6.09 Å². The molecule has 0 saturated carbocycles. The standard InChI is InChI=1S/C20H25N5O3/c1-13-5-6-15-17(21-13)22-25-16(26)9-12-24(18(15)25)14-7-10-23(11-8-14)19(27)28-20(2,3)4/h5-6,9,12,14H,7-8,10-11H2,1-4H3. The van der Waals surface area contributed by atoms with Crippen molar-refractivity contribution in [2.24, 2.45) is 0 Å². The summed E-state index contributed by atoms with van der Waals surface area (Å²) in [5.74, 6) is 0. The number of carbonyl (C=O) groups is 1. The van der Waals surface area contributed by atoms with Crippen molar-refractivity contribution in [3.63, 3.8) is 0 Å². The Morgan fingerprint density at radius 3 is 2.57 bits per heavy atom. The Balaban J connectivity index is 1.64. The van der Waals surface area contributed by atoms with Gasteiger partial charge in [-0.05, 0) is 52.7 Å². The van der Waals surface area contributed by atoms with Gasteiger partial charge in [0, 0.05) is 37.1 Å². The monoisotopic (exact) mass is 383 g/mol. The Bertz CT molecular complexity index is 1100. The van der Waals surface area contributed by atoms with E-state index in [1.807, 2.05) is 46.0 Å². The summed E-state index contributed by atoms with van der Waals surface area (Å²) in [5, 5.41) is 5.26. The van der Waals surface area contributed by atoms with Crippen LogP contribution in [-0.2, 0) is 4.74 Å². The van der Waals surface area contributed by atoms with Crippen molar-refractivity contribution in [1.82, 2.24) is 24.1 Å². The molecule has 0 N–H and O–H groups in total. The highest BCUT2D eigenvalue weighted by atomic mass is 16.6. The fraction of sp³-hybridized carbons (Fsp3) is 0.500. The molecule has 148 valence electrons. The number of piperidine rings is 1. The zero-order chi connectivity index (χ0) is 20.1. The van der Waals surface area contributed by atoms with E-state index in [1.165, 1.54) is 10.6 Å². The summed E-state index contributed by atoms with van der Waals surface area (Å²) in [5.41, 5.74) is 1.52. The molecule has 28 heavy (non-hydrogen) atoms. The molecule has 4 heterocycles. The highest BCUT2D eigenvalue weighted by Gasteiger charge is 2.28. The molecule has 0 spiro atoms. The number of hydrogen-bond acceptors (Lipinski definition) is 5. The van der Waals surface area contributed by atoms with E-state index in [0.717, 1.165) is 29.6 Å². The van der Waals surface area contributed by atoms with E-state index in [2.05, 4.69) is 14.6 Å². The molecule has 0 unspecified atom stereocenters. The van der Waals surface area contributed by atoms with E-state index >= 15 is 0 Å². The second-order valence-electron chi connectivity index (χ2n) is 8.32. The number of fused-ring (bicyclic) bond motifs is 3. The first-order valence-corrected chi connectivity index (χ1v) is 9.58. The molecule has 4 rings (SSSR count). The van der Waals surface area contributed by atoms with Crippen molar-refractivity contribution in [3.8, 4) is 0 Å². The van der Waals surface area contributed by atoms with E-state index in [1.54, 1.807) is 4.90 Å². The predicted octanol–water partition coefficient (Wildman–Crippen LogP) is 2.92. The summed E-state index contributed by atoms with van der Waals surface area (Å²) in [7, 11) is 0. The third-order valence-corrected chi connectivity index (χ3v) is 4.99. The summed E-state index contributed by atoms with van der Waals surface area (Å²) in [6, 6.07) is 5.59. The van der Waals surface area contributed by atoms with Crippen LogP contribution in [0.25, 0.3) is 16.7 Å². The van der Waals surface area contributed by atoms with Crippen molar-refractivity contribution in [1.29, 1.82) is 0 Å². The van der Waals surface area contributed by atoms with Crippen LogP contribution in [0.1, 0.15) is 45.3 Å². The first-order valence-electron chi connectivity index (χ1n) is 9.58. The molecule has 0 aromatic carbocycles. The molecule has 0 atom stereocenters. The van der Waals surface area contributed by atoms with Gasteiger partial charge in [0.25, 0.3) is 5.56 Å². The van der Waals surface area contributed by atoms with Crippen LogP contribution in [0.15, 0.2) is 29.2 Å². The molecule has 1 aliphatic rings. The molecule has 8 heteroatoms. The second kappa shape index (κ2) is 6.61. The molecule has 8 nitrogen and oxygen atoms in total. The summed E-state index contributed by atoms with van der Waals surface area (Å²) in [6.45, 7) is 8.74. The summed E-state index contributed by atoms with van der Waals surface area (Å²) < 4.78 is 9.00. The number of amides is 1. The Hall–Kier alpha value is -2.90. The number of pyridine rings is 1. The molecule has 0 bridgehead atoms. The van der Waals surface area contributed by atoms with Crippen LogP contribution in [-0.4, -0.2) is 48.8 Å². The first kappa shape index (κ1) is 18.5. The van der Waals surface area contributed by atoms with Crippen LogP contribution in [0.2, 0.25) is 0 Å². The van der Waals surface area contributed by atoms with Gasteiger partial charge in [0.1, 0.15) is 11.2 Å². The number of aromatic nitrogens is 4. The Labute approximate surface area is 162 Å². The Morgan fingerprint density at radius 2 is 1.89 bits per heavy atom. The largest absolute Gasteiger partial charge is 0.444 e. The van der Waals surface area contributed by atoms with Gasteiger partial charge in [0.2, 0.25) is 0 Å². The van der Waals surface area contributed by atoms with E-state index < -0.39 is 5.60 Å². The summed E-state index contributed by atoms with van der Waals surface area (Å²) in [4.78, 5) is 30.9. The van der Waals surface area contributed by atoms with Gasteiger partial charge < -0.3 is 14.2 Å². The number of nitrogens with zero attached hydrogens (tertiary/aromatic N) is 5. The normalized spacial score (nSPS) is 16.1. The molecular formula is C20H25N5O3. The maximum absolute atomic E-state index is 12.3. The van der Waals surface area contributed by atoms with Gasteiger partial charge in [-0.2, -0.15) is 4.52 Å². The maximum Gasteiger partial charge on any atom is 0.410 e. The SMILES string of the molecule is Cc1ccc2c(n1)nn1c(=O)ccn(C3CCN(C(=O)OC(C)(C)C)CC3)c21. The summed E-state index contributed by atoms with van der Waals surface area (Å²) in [6.07, 6.45) is 3.12. The van der Waals surface area contributed by atoms with Crippen LogP contribution in [0.4, 0.5) is 4.79 Å². The predicted molar refractivity (Wildman–Crippen MR) is 106 cm³/mol. The maximum atomic E-state index is 12.3. The fourth-order valence-electron chi connectivity index (χ4n) is 3.69. The molecular weight excluding hydrogens is 358 g/mol. The van der Waals surface area contributed by atoms with Gasteiger partial charge in [0.05, 0.1) is 5.39 Å². The van der Waals surface area contributed by atoms with E-state index in [-0.39, 0.29) is 17.7 Å². The lowest BCUT2D eigenvalue weighted by molar-refractivity contribution is 0.0189. The quantitative estimate of drug-likeness (QED) is 0.645. The zero-order valence-corrected chi connectivity index (χ0v) is 16.7. The van der Waals surface area contributed by atoms with Crippen molar-refractivity contribution in [2.75, 3.05) is 13.1 Å². The second-order valence-corrected chi connectivity index (χ2v) is 8.32. The van der Waals surface area contributed by atoms with Gasteiger partial charge in [-0.3, -0.25) is 4.79 Å². The lowest BCUT2D eigenvalue weighted by Crippen LogP contribution is -2.42. The number of aryl methyl sites for hydroxylation is 1. The van der Waals surface area contributed by atoms with Gasteiger partial charge in [0.15, 0.2) is 5.65 Å². The van der Waals surface area contributed by atoms with Gasteiger partial charge in [-0.25, -0.2) is 9.78 Å². The fourth-order valence-corrected chi connectivity index (χ4v) is 3.69. The minimum absolute atomic E-state index is 0.169. The molecule has 3 aromatic heterocycles. The molecule has 3 aromatic rings. The van der Waals surface area contributed by atoms with Crippen LogP contribution < -0.4 is 5.56 Å². The smallest absolute Gasteiger partial charge is 0.410 e. The number of likely N-dealkylation sites (tertiary alicyclic amines) is 1. The lowest BCUT2D eigenvalue weighted by Gasteiger charge is -2.34. The van der Waals surface area contributed by atoms with E-state index in [0.29, 0.717) is 18.7 Å². The average Bonchev–Trinajstić information content (AvgIpc) is 3.00. The highest BCUT2D eigenvalue weighted by molar-refractivity contribution is 5.89. The minimum Gasteiger partial charge on any atom is -0.444 e. The van der Waals surface area contributed by atoms with Crippen molar-refractivity contribution < 1.29 is 9.53 Å². The van der Waals surface area contributed by atoms with Gasteiger partial charge in [-0.15, -0.1) is 5.10 Å². The molecule has 1 saturated heterocycles. The third-order valence-electron chi connectivity index (χ3n) is 4.99. The third kappa shape index (κ3) is 3.34. The first-order chi connectivity index (χ1) is 13.2. The zero-order valence-electron chi connectivity index (χ0n) is 16.7. The molecule has 1 fully saturated rings. The number of hydrogen-bond donors (Lipinski definition) is 0. The van der Waals surface area contributed by atoms with Crippen molar-refractivity contribution >= 4 is 22.8 Å².